The third-order valence-electron chi connectivity index (χ3n) is 3.48. The zero-order valence-electron chi connectivity index (χ0n) is 11.7. The van der Waals surface area contributed by atoms with Crippen LogP contribution in [-0.2, 0) is 20.0 Å². The molecule has 0 fully saturated rings. The second-order valence-corrected chi connectivity index (χ2v) is 5.14. The maximum Gasteiger partial charge on any atom is 0.128 e. The highest BCUT2D eigenvalue weighted by Gasteiger charge is 2.08. The van der Waals surface area contributed by atoms with Crippen LogP contribution < -0.4 is 5.32 Å². The SMILES string of the molecule is CCc1ccc(C(C)NCc2ncc(Cl)n2C)cc1. The van der Waals surface area contributed by atoms with Gasteiger partial charge in [-0.05, 0) is 24.5 Å². The fourth-order valence-corrected chi connectivity index (χ4v) is 2.14. The van der Waals surface area contributed by atoms with E-state index in [1.807, 2.05) is 11.6 Å². The van der Waals surface area contributed by atoms with Gasteiger partial charge in [0.2, 0.25) is 0 Å². The van der Waals surface area contributed by atoms with Gasteiger partial charge in [-0.1, -0.05) is 42.8 Å². The molecule has 1 aromatic carbocycles. The Labute approximate surface area is 119 Å². The Hall–Kier alpha value is -1.32. The molecule has 0 saturated heterocycles. The van der Waals surface area contributed by atoms with Crippen LogP contribution in [0.4, 0.5) is 0 Å². The van der Waals surface area contributed by atoms with E-state index in [4.69, 9.17) is 11.6 Å². The summed E-state index contributed by atoms with van der Waals surface area (Å²) in [5.41, 5.74) is 2.66. The van der Waals surface area contributed by atoms with Gasteiger partial charge in [0.05, 0.1) is 12.7 Å². The molecule has 102 valence electrons. The lowest BCUT2D eigenvalue weighted by molar-refractivity contribution is 0.549. The number of aryl methyl sites for hydroxylation is 1. The van der Waals surface area contributed by atoms with Crippen LogP contribution in [0.2, 0.25) is 5.15 Å². The highest BCUT2D eigenvalue weighted by molar-refractivity contribution is 6.29. The van der Waals surface area contributed by atoms with Crippen LogP contribution in [0.1, 0.15) is 36.8 Å². The lowest BCUT2D eigenvalue weighted by Crippen LogP contribution is -2.20. The summed E-state index contributed by atoms with van der Waals surface area (Å²) in [6, 6.07) is 9.03. The Morgan fingerprint density at radius 1 is 1.32 bits per heavy atom. The first-order valence-corrected chi connectivity index (χ1v) is 6.98. The number of imidazole rings is 1. The molecule has 0 amide bonds. The lowest BCUT2D eigenvalue weighted by atomic mass is 10.1. The zero-order chi connectivity index (χ0) is 13.8. The molecule has 0 aliphatic heterocycles. The monoisotopic (exact) mass is 277 g/mol. The van der Waals surface area contributed by atoms with Gasteiger partial charge < -0.3 is 9.88 Å². The van der Waals surface area contributed by atoms with Crippen molar-refractivity contribution < 1.29 is 0 Å². The predicted molar refractivity (Wildman–Crippen MR) is 79.3 cm³/mol. The molecule has 1 atom stereocenters. The summed E-state index contributed by atoms with van der Waals surface area (Å²) in [5.74, 6) is 0.946. The number of aromatic nitrogens is 2. The van der Waals surface area contributed by atoms with Gasteiger partial charge in [0.15, 0.2) is 0 Å². The molecule has 1 aromatic heterocycles. The van der Waals surface area contributed by atoms with Gasteiger partial charge in [0, 0.05) is 13.1 Å². The molecule has 1 N–H and O–H groups in total. The number of benzene rings is 1. The second kappa shape index (κ2) is 6.22. The summed E-state index contributed by atoms with van der Waals surface area (Å²) >= 11 is 5.97. The maximum absolute atomic E-state index is 5.97. The topological polar surface area (TPSA) is 29.9 Å². The van der Waals surface area contributed by atoms with Gasteiger partial charge in [-0.2, -0.15) is 0 Å². The summed E-state index contributed by atoms with van der Waals surface area (Å²) in [4.78, 5) is 4.28. The summed E-state index contributed by atoms with van der Waals surface area (Å²) < 4.78 is 1.89. The molecule has 2 rings (SSSR count). The molecular weight excluding hydrogens is 258 g/mol. The minimum Gasteiger partial charge on any atom is -0.321 e. The first kappa shape index (κ1) is 14.1. The molecule has 1 unspecified atom stereocenters. The van der Waals surface area contributed by atoms with Crippen molar-refractivity contribution >= 4 is 11.6 Å². The van der Waals surface area contributed by atoms with Crippen LogP contribution in [0.5, 0.6) is 0 Å². The van der Waals surface area contributed by atoms with Gasteiger partial charge >= 0.3 is 0 Å². The smallest absolute Gasteiger partial charge is 0.128 e. The molecule has 0 aliphatic rings. The summed E-state index contributed by atoms with van der Waals surface area (Å²) in [6.07, 6.45) is 2.76. The van der Waals surface area contributed by atoms with Crippen molar-refractivity contribution in [2.24, 2.45) is 7.05 Å². The summed E-state index contributed by atoms with van der Waals surface area (Å²) in [5, 5.41) is 4.13. The standard InChI is InChI=1S/C15H20ClN3/c1-4-12-5-7-13(8-6-12)11(2)17-10-15-18-9-14(16)19(15)3/h5-9,11,17H,4,10H2,1-3H3. The van der Waals surface area contributed by atoms with Gasteiger partial charge in [-0.15, -0.1) is 0 Å². The molecule has 0 spiro atoms. The Morgan fingerprint density at radius 3 is 2.53 bits per heavy atom. The van der Waals surface area contributed by atoms with Crippen molar-refractivity contribution in [3.05, 3.63) is 52.6 Å². The molecule has 1 heterocycles. The molecule has 0 aliphatic carbocycles. The predicted octanol–water partition coefficient (Wildman–Crippen LogP) is 3.49. The van der Waals surface area contributed by atoms with E-state index in [1.54, 1.807) is 6.20 Å². The second-order valence-electron chi connectivity index (χ2n) is 4.75. The largest absolute Gasteiger partial charge is 0.321 e. The fraction of sp³-hybridized carbons (Fsp3) is 0.400. The molecule has 0 saturated carbocycles. The van der Waals surface area contributed by atoms with Crippen molar-refractivity contribution in [2.75, 3.05) is 0 Å². The number of hydrogen-bond acceptors (Lipinski definition) is 2. The normalized spacial score (nSPS) is 12.6. The average Bonchev–Trinajstić information content (AvgIpc) is 2.76. The molecule has 0 radical (unpaired) electrons. The lowest BCUT2D eigenvalue weighted by Gasteiger charge is -2.14. The van der Waals surface area contributed by atoms with Crippen LogP contribution in [-0.4, -0.2) is 9.55 Å². The fourth-order valence-electron chi connectivity index (χ4n) is 1.99. The minimum atomic E-state index is 0.293. The molecule has 0 bridgehead atoms. The number of nitrogens with one attached hydrogen (secondary N) is 1. The Kier molecular flexibility index (Phi) is 4.61. The molecule has 3 nitrogen and oxygen atoms in total. The number of hydrogen-bond donors (Lipinski definition) is 1. The highest BCUT2D eigenvalue weighted by Crippen LogP contribution is 2.15. The molecule has 4 heteroatoms. The maximum atomic E-state index is 5.97. The number of rotatable bonds is 5. The number of halogens is 1. The minimum absolute atomic E-state index is 0.293. The first-order chi connectivity index (χ1) is 9.11. The van der Waals surface area contributed by atoms with E-state index in [9.17, 15) is 0 Å². The van der Waals surface area contributed by atoms with E-state index in [0.29, 0.717) is 17.7 Å². The Balaban J connectivity index is 1.97. The third-order valence-corrected chi connectivity index (χ3v) is 3.83. The van der Waals surface area contributed by atoms with E-state index in [1.165, 1.54) is 11.1 Å². The quantitative estimate of drug-likeness (QED) is 0.907. The van der Waals surface area contributed by atoms with E-state index < -0.39 is 0 Å². The first-order valence-electron chi connectivity index (χ1n) is 6.60. The summed E-state index contributed by atoms with van der Waals surface area (Å²) in [6.45, 7) is 5.03. The zero-order valence-corrected chi connectivity index (χ0v) is 12.4. The van der Waals surface area contributed by atoms with E-state index in [-0.39, 0.29) is 0 Å². The van der Waals surface area contributed by atoms with Crippen molar-refractivity contribution in [1.82, 2.24) is 14.9 Å². The van der Waals surface area contributed by atoms with Gasteiger partial charge in [-0.3, -0.25) is 0 Å². The van der Waals surface area contributed by atoms with Crippen LogP contribution in [0.25, 0.3) is 0 Å². The van der Waals surface area contributed by atoms with Gasteiger partial charge in [0.25, 0.3) is 0 Å². The molecule has 2 aromatic rings. The van der Waals surface area contributed by atoms with Crippen LogP contribution in [0.15, 0.2) is 30.5 Å². The van der Waals surface area contributed by atoms with E-state index in [2.05, 4.69) is 48.4 Å². The third kappa shape index (κ3) is 3.37. The van der Waals surface area contributed by atoms with Crippen LogP contribution in [0.3, 0.4) is 0 Å². The van der Waals surface area contributed by atoms with E-state index >= 15 is 0 Å². The Bertz CT molecular complexity index is 531. The van der Waals surface area contributed by atoms with Crippen molar-refractivity contribution in [1.29, 1.82) is 0 Å². The van der Waals surface area contributed by atoms with E-state index in [0.717, 1.165) is 12.2 Å². The molecular formula is C15H20ClN3. The van der Waals surface area contributed by atoms with Crippen LogP contribution >= 0.6 is 11.6 Å². The highest BCUT2D eigenvalue weighted by atomic mass is 35.5. The number of nitrogens with zero attached hydrogens (tertiary/aromatic N) is 2. The van der Waals surface area contributed by atoms with Gasteiger partial charge in [0.1, 0.15) is 11.0 Å². The summed E-state index contributed by atoms with van der Waals surface area (Å²) in [7, 11) is 1.92. The average molecular weight is 278 g/mol. The van der Waals surface area contributed by atoms with Crippen molar-refractivity contribution in [2.45, 2.75) is 32.9 Å². The molecule has 19 heavy (non-hydrogen) atoms. The Morgan fingerprint density at radius 2 is 2.00 bits per heavy atom. The van der Waals surface area contributed by atoms with Gasteiger partial charge in [-0.25, -0.2) is 4.98 Å². The van der Waals surface area contributed by atoms with Crippen molar-refractivity contribution in [3.63, 3.8) is 0 Å². The van der Waals surface area contributed by atoms with Crippen LogP contribution in [0, 0.1) is 0 Å². The van der Waals surface area contributed by atoms with Crippen molar-refractivity contribution in [3.8, 4) is 0 Å².